The van der Waals surface area contributed by atoms with Crippen LogP contribution in [0.2, 0.25) is 0 Å². The maximum Gasteiger partial charge on any atom is 0.228 e. The summed E-state index contributed by atoms with van der Waals surface area (Å²) in [5, 5.41) is 11.5. The molecule has 9 heteroatoms. The maximum absolute atomic E-state index is 12.5. The van der Waals surface area contributed by atoms with Gasteiger partial charge in [-0.15, -0.1) is 0 Å². The van der Waals surface area contributed by atoms with E-state index >= 15 is 0 Å². The van der Waals surface area contributed by atoms with Crippen LogP contribution >= 0.6 is 0 Å². The molecule has 0 aromatic carbocycles. The number of carbonyl (C=O) groups excluding carboxylic acids is 1. The molecule has 1 saturated heterocycles. The number of carbonyl (C=O) groups is 1. The molecule has 0 saturated carbocycles. The van der Waals surface area contributed by atoms with Gasteiger partial charge < -0.3 is 9.42 Å². The molecule has 0 N–H and O–H groups in total. The van der Waals surface area contributed by atoms with Crippen LogP contribution in [0.1, 0.15) is 35.0 Å². The summed E-state index contributed by atoms with van der Waals surface area (Å²) in [6.45, 7) is 7.00. The second-order valence-electron chi connectivity index (χ2n) is 7.27. The molecular formula is C19H22N6O3. The van der Waals surface area contributed by atoms with Crippen LogP contribution in [0.5, 0.6) is 0 Å². The molecule has 4 heterocycles. The van der Waals surface area contributed by atoms with Gasteiger partial charge in [-0.05, 0) is 39.5 Å². The van der Waals surface area contributed by atoms with E-state index in [0.717, 1.165) is 47.8 Å². The van der Waals surface area contributed by atoms with Gasteiger partial charge in [0.2, 0.25) is 5.91 Å². The minimum atomic E-state index is 0.0526. The third-order valence-corrected chi connectivity index (χ3v) is 5.18. The first-order valence-corrected chi connectivity index (χ1v) is 9.31. The number of hydrogen-bond donors (Lipinski definition) is 0. The van der Waals surface area contributed by atoms with Crippen molar-refractivity contribution in [2.45, 2.75) is 40.0 Å². The van der Waals surface area contributed by atoms with Gasteiger partial charge in [-0.2, -0.15) is 0 Å². The van der Waals surface area contributed by atoms with Gasteiger partial charge in [0.1, 0.15) is 17.1 Å². The Morgan fingerprint density at radius 1 is 1.18 bits per heavy atom. The third-order valence-electron chi connectivity index (χ3n) is 5.18. The summed E-state index contributed by atoms with van der Waals surface area (Å²) in [4.78, 5) is 23.5. The summed E-state index contributed by atoms with van der Waals surface area (Å²) in [6.07, 6.45) is 5.46. The SMILES string of the molecule is Cc1nonc1CC(=O)N1CC[C@@H](Cc2cncc(-c3c(C)noc3C)n2)C1. The number of amides is 1. The van der Waals surface area contributed by atoms with E-state index in [0.29, 0.717) is 23.9 Å². The van der Waals surface area contributed by atoms with E-state index in [-0.39, 0.29) is 12.3 Å². The van der Waals surface area contributed by atoms with Crippen molar-refractivity contribution < 1.29 is 13.9 Å². The van der Waals surface area contributed by atoms with Gasteiger partial charge in [-0.1, -0.05) is 15.5 Å². The van der Waals surface area contributed by atoms with Crippen LogP contribution in [0.3, 0.4) is 0 Å². The minimum Gasteiger partial charge on any atom is -0.361 e. The normalized spacial score (nSPS) is 16.7. The third kappa shape index (κ3) is 3.64. The first-order valence-electron chi connectivity index (χ1n) is 9.31. The Morgan fingerprint density at radius 2 is 2.04 bits per heavy atom. The molecule has 1 amide bonds. The van der Waals surface area contributed by atoms with Crippen LogP contribution in [0.25, 0.3) is 11.3 Å². The summed E-state index contributed by atoms with van der Waals surface area (Å²) in [5.41, 5.74) is 4.65. The largest absolute Gasteiger partial charge is 0.361 e. The summed E-state index contributed by atoms with van der Waals surface area (Å²) < 4.78 is 9.91. The second-order valence-corrected chi connectivity index (χ2v) is 7.27. The smallest absolute Gasteiger partial charge is 0.228 e. The van der Waals surface area contributed by atoms with E-state index in [1.54, 1.807) is 19.3 Å². The highest BCUT2D eigenvalue weighted by atomic mass is 16.6. The minimum absolute atomic E-state index is 0.0526. The molecule has 1 atom stereocenters. The lowest BCUT2D eigenvalue weighted by molar-refractivity contribution is -0.129. The predicted molar refractivity (Wildman–Crippen MR) is 98.1 cm³/mol. The van der Waals surface area contributed by atoms with Crippen LogP contribution < -0.4 is 0 Å². The van der Waals surface area contributed by atoms with E-state index in [2.05, 4.69) is 25.1 Å². The van der Waals surface area contributed by atoms with Gasteiger partial charge in [0.25, 0.3) is 0 Å². The Hall–Kier alpha value is -3.10. The first-order chi connectivity index (χ1) is 13.5. The van der Waals surface area contributed by atoms with E-state index in [4.69, 9.17) is 9.51 Å². The standard InChI is InChI=1S/C19H22N6O3/c1-11-16(24-28-23-11)7-18(26)25-5-4-14(10-25)6-15-8-20-9-17(21-15)19-12(2)22-27-13(19)3/h8-9,14H,4-7,10H2,1-3H3/t14-/m0/s1. The Bertz CT molecular complexity index is 976. The molecule has 0 unspecified atom stereocenters. The number of likely N-dealkylation sites (tertiary alicyclic amines) is 1. The van der Waals surface area contributed by atoms with Crippen molar-refractivity contribution in [3.8, 4) is 11.3 Å². The van der Waals surface area contributed by atoms with Crippen molar-refractivity contribution >= 4 is 5.91 Å². The Kier molecular flexibility index (Phi) is 4.89. The van der Waals surface area contributed by atoms with E-state index in [1.807, 2.05) is 18.7 Å². The van der Waals surface area contributed by atoms with E-state index < -0.39 is 0 Å². The molecule has 146 valence electrons. The van der Waals surface area contributed by atoms with Crippen molar-refractivity contribution in [1.29, 1.82) is 0 Å². The summed E-state index contributed by atoms with van der Waals surface area (Å²) in [5.74, 6) is 1.14. The molecule has 0 aliphatic carbocycles. The molecule has 3 aromatic heterocycles. The van der Waals surface area contributed by atoms with Gasteiger partial charge in [-0.25, -0.2) is 9.61 Å². The highest BCUT2D eigenvalue weighted by Crippen LogP contribution is 2.26. The van der Waals surface area contributed by atoms with Crippen LogP contribution in [0.15, 0.2) is 21.5 Å². The van der Waals surface area contributed by atoms with Crippen molar-refractivity contribution in [2.24, 2.45) is 5.92 Å². The number of hydrogen-bond acceptors (Lipinski definition) is 8. The van der Waals surface area contributed by atoms with E-state index in [9.17, 15) is 4.79 Å². The molecular weight excluding hydrogens is 360 g/mol. The zero-order valence-corrected chi connectivity index (χ0v) is 16.2. The molecule has 0 radical (unpaired) electrons. The van der Waals surface area contributed by atoms with Gasteiger partial charge >= 0.3 is 0 Å². The maximum atomic E-state index is 12.5. The monoisotopic (exact) mass is 382 g/mol. The number of rotatable bonds is 5. The molecule has 0 bridgehead atoms. The average molecular weight is 382 g/mol. The quantitative estimate of drug-likeness (QED) is 0.659. The topological polar surface area (TPSA) is 111 Å². The lowest BCUT2D eigenvalue weighted by Crippen LogP contribution is -2.30. The highest BCUT2D eigenvalue weighted by Gasteiger charge is 2.28. The summed E-state index contributed by atoms with van der Waals surface area (Å²) >= 11 is 0. The van der Waals surface area contributed by atoms with Gasteiger partial charge in [-0.3, -0.25) is 9.78 Å². The fraction of sp³-hybridized carbons (Fsp3) is 0.474. The Balaban J connectivity index is 1.40. The van der Waals surface area contributed by atoms with Crippen LogP contribution in [-0.4, -0.2) is 49.3 Å². The molecule has 4 rings (SSSR count). The van der Waals surface area contributed by atoms with Gasteiger partial charge in [0, 0.05) is 19.3 Å². The van der Waals surface area contributed by atoms with Crippen molar-refractivity contribution in [1.82, 2.24) is 30.3 Å². The first kappa shape index (κ1) is 18.3. The molecule has 0 spiro atoms. The molecule has 3 aromatic rings. The van der Waals surface area contributed by atoms with E-state index in [1.165, 1.54) is 0 Å². The lowest BCUT2D eigenvalue weighted by Gasteiger charge is -2.16. The average Bonchev–Trinajstić information content (AvgIpc) is 3.37. The highest BCUT2D eigenvalue weighted by molar-refractivity contribution is 5.78. The zero-order valence-electron chi connectivity index (χ0n) is 16.2. The van der Waals surface area contributed by atoms with Crippen molar-refractivity contribution in [3.05, 3.63) is 40.9 Å². The predicted octanol–water partition coefficient (Wildman–Crippen LogP) is 2.07. The van der Waals surface area contributed by atoms with Crippen LogP contribution in [0.4, 0.5) is 0 Å². The Labute approximate surface area is 162 Å². The lowest BCUT2D eigenvalue weighted by atomic mass is 10.0. The van der Waals surface area contributed by atoms with Gasteiger partial charge in [0.15, 0.2) is 0 Å². The number of aromatic nitrogens is 5. The summed E-state index contributed by atoms with van der Waals surface area (Å²) in [7, 11) is 0. The van der Waals surface area contributed by atoms with Crippen molar-refractivity contribution in [2.75, 3.05) is 13.1 Å². The van der Waals surface area contributed by atoms with Crippen molar-refractivity contribution in [3.63, 3.8) is 0 Å². The fourth-order valence-electron chi connectivity index (χ4n) is 3.66. The Morgan fingerprint density at radius 3 is 2.75 bits per heavy atom. The summed E-state index contributed by atoms with van der Waals surface area (Å²) in [6, 6.07) is 0. The molecule has 1 aliphatic heterocycles. The number of aryl methyl sites for hydroxylation is 3. The van der Waals surface area contributed by atoms with Crippen LogP contribution in [0, 0.1) is 26.7 Å². The molecule has 1 fully saturated rings. The molecule has 9 nitrogen and oxygen atoms in total. The van der Waals surface area contributed by atoms with Gasteiger partial charge in [0.05, 0.1) is 35.3 Å². The fourth-order valence-corrected chi connectivity index (χ4v) is 3.66. The number of nitrogens with zero attached hydrogens (tertiary/aromatic N) is 6. The molecule has 28 heavy (non-hydrogen) atoms. The van der Waals surface area contributed by atoms with Crippen LogP contribution in [-0.2, 0) is 17.6 Å². The zero-order chi connectivity index (χ0) is 19.7. The second kappa shape index (κ2) is 7.49. The molecule has 1 aliphatic rings.